The van der Waals surface area contributed by atoms with E-state index in [1.807, 2.05) is 19.1 Å². The van der Waals surface area contributed by atoms with Gasteiger partial charge in [0.25, 0.3) is 0 Å². The number of carboxylic acids is 1. The molecule has 0 saturated heterocycles. The lowest BCUT2D eigenvalue weighted by Gasteiger charge is -2.19. The van der Waals surface area contributed by atoms with E-state index < -0.39 is 5.97 Å². The van der Waals surface area contributed by atoms with E-state index in [-0.39, 0.29) is 25.3 Å². The molecule has 0 bridgehead atoms. The first-order valence-electron chi connectivity index (χ1n) is 8.00. The third-order valence-electron chi connectivity index (χ3n) is 3.70. The van der Waals surface area contributed by atoms with Crippen molar-refractivity contribution >= 4 is 11.9 Å². The number of ether oxygens (including phenoxy) is 1. The van der Waals surface area contributed by atoms with Crippen molar-refractivity contribution in [3.63, 3.8) is 0 Å². The van der Waals surface area contributed by atoms with E-state index in [1.165, 1.54) is 4.90 Å². The standard InChI is InChI=1S/C17H21N3O5/c1-3-20(11-10-16(22)23)15(21)9-8-14-18-17(19-25-14)12-4-6-13(24-2)7-5-12/h4-7H,3,8-11H2,1-2H3,(H,22,23). The van der Waals surface area contributed by atoms with Crippen LogP contribution >= 0.6 is 0 Å². The number of carbonyl (C=O) groups excluding carboxylic acids is 1. The molecule has 0 fully saturated rings. The summed E-state index contributed by atoms with van der Waals surface area (Å²) in [4.78, 5) is 28.5. The van der Waals surface area contributed by atoms with E-state index in [4.69, 9.17) is 14.4 Å². The highest BCUT2D eigenvalue weighted by Crippen LogP contribution is 2.20. The molecule has 0 spiro atoms. The van der Waals surface area contributed by atoms with E-state index in [0.717, 1.165) is 11.3 Å². The summed E-state index contributed by atoms with van der Waals surface area (Å²) in [6.07, 6.45) is 0.436. The molecule has 1 heterocycles. The van der Waals surface area contributed by atoms with Crippen LogP contribution in [0.5, 0.6) is 5.75 Å². The van der Waals surface area contributed by atoms with Gasteiger partial charge in [0, 0.05) is 31.5 Å². The summed E-state index contributed by atoms with van der Waals surface area (Å²) in [5.74, 6) is 0.496. The van der Waals surface area contributed by atoms with Gasteiger partial charge in [0.1, 0.15) is 5.75 Å². The van der Waals surface area contributed by atoms with Crippen LogP contribution in [0, 0.1) is 0 Å². The highest BCUT2D eigenvalue weighted by atomic mass is 16.5. The number of benzene rings is 1. The van der Waals surface area contributed by atoms with Gasteiger partial charge in [-0.25, -0.2) is 0 Å². The number of aromatic nitrogens is 2. The Bertz CT molecular complexity index is 711. The highest BCUT2D eigenvalue weighted by Gasteiger charge is 2.15. The molecule has 25 heavy (non-hydrogen) atoms. The number of amides is 1. The van der Waals surface area contributed by atoms with E-state index in [9.17, 15) is 9.59 Å². The van der Waals surface area contributed by atoms with Gasteiger partial charge < -0.3 is 19.3 Å². The SMILES string of the molecule is CCN(CCC(=O)O)C(=O)CCc1nc(-c2ccc(OC)cc2)no1. The van der Waals surface area contributed by atoms with Gasteiger partial charge in [0.05, 0.1) is 13.5 Å². The second kappa shape index (κ2) is 8.81. The number of carbonyl (C=O) groups is 2. The number of nitrogens with zero attached hydrogens (tertiary/aromatic N) is 3. The maximum absolute atomic E-state index is 12.1. The molecule has 1 amide bonds. The largest absolute Gasteiger partial charge is 0.497 e. The number of hydrogen-bond donors (Lipinski definition) is 1. The molecule has 0 aliphatic carbocycles. The van der Waals surface area contributed by atoms with E-state index >= 15 is 0 Å². The third-order valence-corrected chi connectivity index (χ3v) is 3.70. The fraction of sp³-hybridized carbons (Fsp3) is 0.412. The molecule has 8 heteroatoms. The van der Waals surface area contributed by atoms with Crippen molar-refractivity contribution in [3.8, 4) is 17.1 Å². The minimum atomic E-state index is -0.924. The summed E-state index contributed by atoms with van der Waals surface area (Å²) in [5, 5.41) is 12.6. The Morgan fingerprint density at radius 2 is 1.96 bits per heavy atom. The topological polar surface area (TPSA) is 106 Å². The monoisotopic (exact) mass is 347 g/mol. The summed E-state index contributed by atoms with van der Waals surface area (Å²) in [6.45, 7) is 2.48. The number of rotatable bonds is 9. The summed E-state index contributed by atoms with van der Waals surface area (Å²) in [7, 11) is 1.59. The fourth-order valence-corrected chi connectivity index (χ4v) is 2.28. The maximum atomic E-state index is 12.1. The zero-order chi connectivity index (χ0) is 18.2. The Kier molecular flexibility index (Phi) is 6.50. The van der Waals surface area contributed by atoms with Crippen LogP contribution in [0.3, 0.4) is 0 Å². The molecule has 0 unspecified atom stereocenters. The quantitative estimate of drug-likeness (QED) is 0.739. The first kappa shape index (κ1) is 18.4. The van der Waals surface area contributed by atoms with Crippen LogP contribution in [0.1, 0.15) is 25.7 Å². The molecule has 0 aliphatic heterocycles. The highest BCUT2D eigenvalue weighted by molar-refractivity contribution is 5.77. The lowest BCUT2D eigenvalue weighted by Crippen LogP contribution is -2.33. The minimum Gasteiger partial charge on any atom is -0.497 e. The molecule has 0 radical (unpaired) electrons. The van der Waals surface area contributed by atoms with Gasteiger partial charge in [-0.3, -0.25) is 9.59 Å². The van der Waals surface area contributed by atoms with Gasteiger partial charge >= 0.3 is 5.97 Å². The first-order valence-corrected chi connectivity index (χ1v) is 8.00. The summed E-state index contributed by atoms with van der Waals surface area (Å²) < 4.78 is 10.3. The van der Waals surface area contributed by atoms with Crippen molar-refractivity contribution in [2.45, 2.75) is 26.2 Å². The van der Waals surface area contributed by atoms with Crippen molar-refractivity contribution in [2.75, 3.05) is 20.2 Å². The molecule has 2 aromatic rings. The number of carboxylic acid groups (broad SMARTS) is 1. The molecule has 0 saturated carbocycles. The Balaban J connectivity index is 1.91. The molecule has 0 atom stereocenters. The summed E-state index contributed by atoms with van der Waals surface area (Å²) >= 11 is 0. The fourth-order valence-electron chi connectivity index (χ4n) is 2.28. The van der Waals surface area contributed by atoms with Crippen LogP contribution in [0.15, 0.2) is 28.8 Å². The smallest absolute Gasteiger partial charge is 0.305 e. The molecule has 134 valence electrons. The van der Waals surface area contributed by atoms with Crippen LogP contribution in [0.4, 0.5) is 0 Å². The zero-order valence-corrected chi connectivity index (χ0v) is 14.3. The van der Waals surface area contributed by atoms with E-state index in [1.54, 1.807) is 19.2 Å². The number of hydrogen-bond acceptors (Lipinski definition) is 6. The molecule has 1 aromatic heterocycles. The number of aliphatic carboxylic acids is 1. The summed E-state index contributed by atoms with van der Waals surface area (Å²) in [5.41, 5.74) is 0.791. The van der Waals surface area contributed by atoms with Gasteiger partial charge in [-0.2, -0.15) is 4.98 Å². The van der Waals surface area contributed by atoms with Crippen molar-refractivity contribution in [1.82, 2.24) is 15.0 Å². The Hall–Kier alpha value is -2.90. The first-order chi connectivity index (χ1) is 12.0. The average molecular weight is 347 g/mol. The average Bonchev–Trinajstić information content (AvgIpc) is 3.09. The second-order valence-corrected chi connectivity index (χ2v) is 5.36. The lowest BCUT2D eigenvalue weighted by molar-refractivity contribution is -0.138. The van der Waals surface area contributed by atoms with Gasteiger partial charge in [0.2, 0.25) is 17.6 Å². The lowest BCUT2D eigenvalue weighted by atomic mass is 10.2. The van der Waals surface area contributed by atoms with Crippen molar-refractivity contribution < 1.29 is 24.0 Å². The van der Waals surface area contributed by atoms with Gasteiger partial charge in [0.15, 0.2) is 0 Å². The molecule has 1 N–H and O–H groups in total. The normalized spacial score (nSPS) is 10.5. The van der Waals surface area contributed by atoms with Gasteiger partial charge in [-0.05, 0) is 31.2 Å². The number of aryl methyl sites for hydroxylation is 1. The molecular formula is C17H21N3O5. The molecule has 0 aliphatic rings. The van der Waals surface area contributed by atoms with Crippen LogP contribution < -0.4 is 4.74 Å². The Morgan fingerprint density at radius 3 is 2.56 bits per heavy atom. The molecule has 2 rings (SSSR count). The van der Waals surface area contributed by atoms with Gasteiger partial charge in [-0.1, -0.05) is 5.16 Å². The number of methoxy groups -OCH3 is 1. The van der Waals surface area contributed by atoms with Crippen LogP contribution in [-0.4, -0.2) is 52.2 Å². The van der Waals surface area contributed by atoms with E-state index in [0.29, 0.717) is 24.7 Å². The van der Waals surface area contributed by atoms with Crippen LogP contribution in [0.25, 0.3) is 11.4 Å². The van der Waals surface area contributed by atoms with Gasteiger partial charge in [-0.15, -0.1) is 0 Å². The van der Waals surface area contributed by atoms with Crippen LogP contribution in [-0.2, 0) is 16.0 Å². The molecule has 8 nitrogen and oxygen atoms in total. The zero-order valence-electron chi connectivity index (χ0n) is 14.3. The molecular weight excluding hydrogens is 326 g/mol. The van der Waals surface area contributed by atoms with Crippen molar-refractivity contribution in [3.05, 3.63) is 30.2 Å². The predicted octanol–water partition coefficient (Wildman–Crippen LogP) is 2.00. The minimum absolute atomic E-state index is 0.0677. The Labute approximate surface area is 145 Å². The summed E-state index contributed by atoms with van der Waals surface area (Å²) in [6, 6.07) is 7.25. The van der Waals surface area contributed by atoms with Crippen molar-refractivity contribution in [1.29, 1.82) is 0 Å². The maximum Gasteiger partial charge on any atom is 0.305 e. The predicted molar refractivity (Wildman–Crippen MR) is 89.1 cm³/mol. The van der Waals surface area contributed by atoms with Crippen LogP contribution in [0.2, 0.25) is 0 Å². The van der Waals surface area contributed by atoms with E-state index in [2.05, 4.69) is 10.1 Å². The third kappa shape index (κ3) is 5.30. The molecule has 1 aromatic carbocycles. The second-order valence-electron chi connectivity index (χ2n) is 5.36. The Morgan fingerprint density at radius 1 is 1.24 bits per heavy atom. The van der Waals surface area contributed by atoms with Crippen molar-refractivity contribution in [2.24, 2.45) is 0 Å².